The second-order valence-corrected chi connectivity index (χ2v) is 6.59. The number of nitrogens with zero attached hydrogens (tertiary/aromatic N) is 4. The van der Waals surface area contributed by atoms with Gasteiger partial charge in [0.1, 0.15) is 6.54 Å². The number of aryl methyl sites for hydroxylation is 1. The number of aromatic nitrogens is 4. The van der Waals surface area contributed by atoms with Gasteiger partial charge in [0.2, 0.25) is 5.95 Å². The number of H-pyrrole nitrogens is 1. The van der Waals surface area contributed by atoms with Crippen molar-refractivity contribution in [3.8, 4) is 0 Å². The van der Waals surface area contributed by atoms with Crippen LogP contribution in [-0.4, -0.2) is 36.2 Å². The molecule has 0 fully saturated rings. The highest BCUT2D eigenvalue weighted by Gasteiger charge is 2.24. The molecule has 2 aromatic heterocycles. The van der Waals surface area contributed by atoms with Crippen LogP contribution >= 0.6 is 0 Å². The first-order valence-corrected chi connectivity index (χ1v) is 8.51. The Morgan fingerprint density at radius 1 is 1.26 bits per heavy atom. The highest BCUT2D eigenvalue weighted by Crippen LogP contribution is 2.23. The predicted octanol–water partition coefficient (Wildman–Crippen LogP) is 0.923. The molecule has 0 bridgehead atoms. The quantitative estimate of drug-likeness (QED) is 0.666. The molecule has 27 heavy (non-hydrogen) atoms. The summed E-state index contributed by atoms with van der Waals surface area (Å²) in [6, 6.07) is 9.65. The maximum atomic E-state index is 12.4. The third kappa shape index (κ3) is 3.48. The van der Waals surface area contributed by atoms with Crippen LogP contribution < -0.4 is 16.1 Å². The highest BCUT2D eigenvalue weighted by atomic mass is 16.4. The average molecular weight is 371 g/mol. The first-order chi connectivity index (χ1) is 12.8. The summed E-state index contributed by atoms with van der Waals surface area (Å²) in [5, 5.41) is 9.35. The number of hydrogen-bond donors (Lipinski definition) is 2. The van der Waals surface area contributed by atoms with Gasteiger partial charge in [0.05, 0.1) is 0 Å². The van der Waals surface area contributed by atoms with Crippen LogP contribution in [0.4, 0.5) is 5.95 Å². The number of aromatic amines is 1. The molecule has 0 saturated carbocycles. The lowest BCUT2D eigenvalue weighted by Crippen LogP contribution is -2.33. The van der Waals surface area contributed by atoms with Crippen molar-refractivity contribution in [3.63, 3.8) is 0 Å². The highest BCUT2D eigenvalue weighted by molar-refractivity contribution is 5.78. The largest absolute Gasteiger partial charge is 0.480 e. The minimum Gasteiger partial charge on any atom is -0.480 e. The second kappa shape index (κ2) is 7.10. The predicted molar refractivity (Wildman–Crippen MR) is 101 cm³/mol. The summed E-state index contributed by atoms with van der Waals surface area (Å²) in [5.74, 6) is -0.773. The van der Waals surface area contributed by atoms with E-state index in [0.29, 0.717) is 12.5 Å². The van der Waals surface area contributed by atoms with Crippen molar-refractivity contribution in [1.82, 2.24) is 19.1 Å². The SMILES string of the molecule is CC(C)N(Cc1ccccc1)c1nc2c(c(=O)[nH]c(=O)n2C)n1CC(=O)O. The van der Waals surface area contributed by atoms with E-state index < -0.39 is 23.8 Å². The van der Waals surface area contributed by atoms with E-state index in [9.17, 15) is 19.5 Å². The normalized spacial score (nSPS) is 11.3. The number of benzene rings is 1. The molecule has 0 radical (unpaired) electrons. The molecule has 0 aliphatic carbocycles. The third-order valence-electron chi connectivity index (χ3n) is 4.36. The summed E-state index contributed by atoms with van der Waals surface area (Å²) in [4.78, 5) is 44.3. The summed E-state index contributed by atoms with van der Waals surface area (Å²) in [5.41, 5.74) is -0.0236. The summed E-state index contributed by atoms with van der Waals surface area (Å²) < 4.78 is 2.55. The Hall–Kier alpha value is -3.36. The van der Waals surface area contributed by atoms with Gasteiger partial charge in [-0.05, 0) is 19.4 Å². The van der Waals surface area contributed by atoms with Crippen LogP contribution in [0.1, 0.15) is 19.4 Å². The van der Waals surface area contributed by atoms with E-state index in [0.717, 1.165) is 5.56 Å². The number of rotatable bonds is 6. The monoisotopic (exact) mass is 371 g/mol. The fraction of sp³-hybridized carbons (Fsp3) is 0.333. The zero-order valence-corrected chi connectivity index (χ0v) is 15.3. The fourth-order valence-corrected chi connectivity index (χ4v) is 2.99. The number of carbonyl (C=O) groups is 1. The van der Waals surface area contributed by atoms with Crippen molar-refractivity contribution >= 4 is 23.1 Å². The van der Waals surface area contributed by atoms with Gasteiger partial charge in [-0.15, -0.1) is 0 Å². The molecular weight excluding hydrogens is 350 g/mol. The minimum atomic E-state index is -1.10. The van der Waals surface area contributed by atoms with Crippen molar-refractivity contribution < 1.29 is 9.90 Å². The number of nitrogens with one attached hydrogen (secondary N) is 1. The van der Waals surface area contributed by atoms with Gasteiger partial charge in [0.15, 0.2) is 11.2 Å². The number of aliphatic carboxylic acids is 1. The zero-order valence-electron chi connectivity index (χ0n) is 15.3. The molecular formula is C18H21N5O4. The zero-order chi connectivity index (χ0) is 19.7. The second-order valence-electron chi connectivity index (χ2n) is 6.59. The van der Waals surface area contributed by atoms with Crippen LogP contribution in [0.25, 0.3) is 11.2 Å². The summed E-state index contributed by atoms with van der Waals surface area (Å²) >= 11 is 0. The number of imidazole rings is 1. The number of fused-ring (bicyclic) bond motifs is 1. The Bertz CT molecular complexity index is 1090. The van der Waals surface area contributed by atoms with E-state index in [1.54, 1.807) is 0 Å². The van der Waals surface area contributed by atoms with E-state index >= 15 is 0 Å². The molecule has 9 heteroatoms. The van der Waals surface area contributed by atoms with E-state index in [1.807, 2.05) is 49.1 Å². The molecule has 0 aliphatic heterocycles. The van der Waals surface area contributed by atoms with E-state index in [2.05, 4.69) is 9.97 Å². The van der Waals surface area contributed by atoms with Crippen LogP contribution in [0.2, 0.25) is 0 Å². The van der Waals surface area contributed by atoms with Gasteiger partial charge in [-0.25, -0.2) is 4.79 Å². The summed E-state index contributed by atoms with van der Waals surface area (Å²) in [6.45, 7) is 3.95. The van der Waals surface area contributed by atoms with Crippen LogP contribution in [0.5, 0.6) is 0 Å². The lowest BCUT2D eigenvalue weighted by molar-refractivity contribution is -0.137. The molecule has 3 rings (SSSR count). The average Bonchev–Trinajstić information content (AvgIpc) is 2.97. The molecule has 0 amide bonds. The molecule has 0 unspecified atom stereocenters. The molecule has 2 heterocycles. The smallest absolute Gasteiger partial charge is 0.329 e. The van der Waals surface area contributed by atoms with Gasteiger partial charge >= 0.3 is 11.7 Å². The lowest BCUT2D eigenvalue weighted by Gasteiger charge is -2.28. The Morgan fingerprint density at radius 3 is 2.52 bits per heavy atom. The molecule has 142 valence electrons. The van der Waals surface area contributed by atoms with Gasteiger partial charge in [-0.3, -0.25) is 23.7 Å². The minimum absolute atomic E-state index is 0.0225. The maximum Gasteiger partial charge on any atom is 0.329 e. The molecule has 0 spiro atoms. The fourth-order valence-electron chi connectivity index (χ4n) is 2.99. The van der Waals surface area contributed by atoms with Gasteiger partial charge in [0.25, 0.3) is 5.56 Å². The first kappa shape index (κ1) is 18.4. The molecule has 2 N–H and O–H groups in total. The van der Waals surface area contributed by atoms with Crippen molar-refractivity contribution in [3.05, 3.63) is 56.7 Å². The molecule has 0 saturated heterocycles. The van der Waals surface area contributed by atoms with Crippen LogP contribution in [0.3, 0.4) is 0 Å². The lowest BCUT2D eigenvalue weighted by atomic mass is 10.2. The summed E-state index contributed by atoms with van der Waals surface area (Å²) in [6.07, 6.45) is 0. The number of hydrogen-bond acceptors (Lipinski definition) is 5. The summed E-state index contributed by atoms with van der Waals surface area (Å²) in [7, 11) is 1.49. The molecule has 9 nitrogen and oxygen atoms in total. The molecule has 0 atom stereocenters. The van der Waals surface area contributed by atoms with Gasteiger partial charge < -0.3 is 10.0 Å². The molecule has 0 aliphatic rings. The van der Waals surface area contributed by atoms with Gasteiger partial charge in [-0.2, -0.15) is 4.98 Å². The van der Waals surface area contributed by atoms with Crippen LogP contribution in [-0.2, 0) is 24.9 Å². The number of carboxylic acid groups (broad SMARTS) is 1. The van der Waals surface area contributed by atoms with Crippen molar-refractivity contribution in [2.75, 3.05) is 4.90 Å². The van der Waals surface area contributed by atoms with Crippen molar-refractivity contribution in [1.29, 1.82) is 0 Å². The maximum absolute atomic E-state index is 12.4. The van der Waals surface area contributed by atoms with Crippen molar-refractivity contribution in [2.45, 2.75) is 33.0 Å². The molecule has 3 aromatic rings. The van der Waals surface area contributed by atoms with E-state index in [1.165, 1.54) is 16.2 Å². The van der Waals surface area contributed by atoms with Crippen LogP contribution in [0, 0.1) is 0 Å². The standard InChI is InChI=1S/C18H21N5O4/c1-11(2)22(9-12-7-5-4-6-8-12)17-19-15-14(23(17)10-13(24)25)16(26)20-18(27)21(15)3/h4-8,11H,9-10H2,1-3H3,(H,24,25)(H,20,26,27). The Kier molecular flexibility index (Phi) is 4.85. The number of carboxylic acids is 1. The van der Waals surface area contributed by atoms with E-state index in [-0.39, 0.29) is 17.2 Å². The topological polar surface area (TPSA) is 113 Å². The number of anilines is 1. The van der Waals surface area contributed by atoms with Gasteiger partial charge in [0, 0.05) is 19.6 Å². The first-order valence-electron chi connectivity index (χ1n) is 8.51. The van der Waals surface area contributed by atoms with Crippen LogP contribution in [0.15, 0.2) is 39.9 Å². The third-order valence-corrected chi connectivity index (χ3v) is 4.36. The Labute approximate surface area is 154 Å². The van der Waals surface area contributed by atoms with E-state index in [4.69, 9.17) is 0 Å². The Morgan fingerprint density at radius 2 is 1.93 bits per heavy atom. The molecule has 1 aromatic carbocycles. The van der Waals surface area contributed by atoms with Crippen molar-refractivity contribution in [2.24, 2.45) is 7.05 Å². The Balaban J connectivity index is 2.25. The van der Waals surface area contributed by atoms with Gasteiger partial charge in [-0.1, -0.05) is 30.3 Å².